The number of methoxy groups -OCH3 is 1. The molecule has 0 spiro atoms. The van der Waals surface area contributed by atoms with Gasteiger partial charge in [0.1, 0.15) is 5.69 Å². The summed E-state index contributed by atoms with van der Waals surface area (Å²) < 4.78 is 42.7. The van der Waals surface area contributed by atoms with Crippen LogP contribution in [0.1, 0.15) is 23.2 Å². The van der Waals surface area contributed by atoms with Crippen molar-refractivity contribution >= 4 is 17.6 Å². The van der Waals surface area contributed by atoms with Gasteiger partial charge in [0.15, 0.2) is 5.82 Å². The zero-order valence-corrected chi connectivity index (χ0v) is 9.60. The van der Waals surface area contributed by atoms with Crippen molar-refractivity contribution < 1.29 is 22.7 Å². The van der Waals surface area contributed by atoms with Crippen LogP contribution in [0.3, 0.4) is 0 Å². The number of pyridine rings is 1. The van der Waals surface area contributed by atoms with E-state index in [1.54, 1.807) is 0 Å². The first-order valence-corrected chi connectivity index (χ1v) is 5.11. The number of alkyl halides is 3. The Balaban J connectivity index is 3.16. The van der Waals surface area contributed by atoms with Gasteiger partial charge >= 0.3 is 5.97 Å². The number of carbonyl (C=O) groups excluding carboxylic acids is 1. The SMILES string of the molecule is COC(=O)Cc1cnc(C(F)F)c(F)c1CCl. The number of rotatable bonds is 4. The van der Waals surface area contributed by atoms with Crippen LogP contribution in [-0.4, -0.2) is 18.1 Å². The van der Waals surface area contributed by atoms with Crippen LogP contribution < -0.4 is 0 Å². The lowest BCUT2D eigenvalue weighted by molar-refractivity contribution is -0.139. The summed E-state index contributed by atoms with van der Waals surface area (Å²) in [7, 11) is 1.17. The molecule has 0 saturated heterocycles. The smallest absolute Gasteiger partial charge is 0.310 e. The Labute approximate surface area is 101 Å². The molecule has 0 saturated carbocycles. The van der Waals surface area contributed by atoms with Crippen LogP contribution in [-0.2, 0) is 21.8 Å². The monoisotopic (exact) mass is 267 g/mol. The molecule has 0 aliphatic rings. The minimum Gasteiger partial charge on any atom is -0.469 e. The lowest BCUT2D eigenvalue weighted by atomic mass is 10.1. The second kappa shape index (κ2) is 5.86. The first-order valence-electron chi connectivity index (χ1n) is 4.58. The number of hydrogen-bond donors (Lipinski definition) is 0. The van der Waals surface area contributed by atoms with E-state index in [9.17, 15) is 18.0 Å². The van der Waals surface area contributed by atoms with Crippen molar-refractivity contribution in [3.8, 4) is 0 Å². The van der Waals surface area contributed by atoms with Crippen molar-refractivity contribution in [3.63, 3.8) is 0 Å². The Hall–Kier alpha value is -1.30. The molecule has 0 unspecified atom stereocenters. The Bertz CT molecular complexity index is 426. The molecule has 0 aliphatic carbocycles. The number of carbonyl (C=O) groups is 1. The minimum atomic E-state index is -3.02. The Morgan fingerprint density at radius 2 is 2.24 bits per heavy atom. The summed E-state index contributed by atoms with van der Waals surface area (Å²) in [5.74, 6) is -2.11. The van der Waals surface area contributed by atoms with Gasteiger partial charge in [-0.1, -0.05) is 0 Å². The molecule has 1 rings (SSSR count). The second-order valence-corrected chi connectivity index (χ2v) is 3.42. The lowest BCUT2D eigenvalue weighted by Crippen LogP contribution is -2.10. The van der Waals surface area contributed by atoms with Crippen LogP contribution >= 0.6 is 11.6 Å². The summed E-state index contributed by atoms with van der Waals surface area (Å²) in [5.41, 5.74) is -0.967. The van der Waals surface area contributed by atoms with Gasteiger partial charge in [0, 0.05) is 11.8 Å². The topological polar surface area (TPSA) is 39.2 Å². The molecule has 0 fully saturated rings. The first kappa shape index (κ1) is 13.8. The van der Waals surface area contributed by atoms with Crippen LogP contribution in [0.15, 0.2) is 6.20 Å². The molecular formula is C10H9ClF3NO2. The number of esters is 1. The number of aromatic nitrogens is 1. The van der Waals surface area contributed by atoms with Crippen LogP contribution in [0.2, 0.25) is 0 Å². The van der Waals surface area contributed by atoms with Gasteiger partial charge in [-0.05, 0) is 5.56 Å². The van der Waals surface area contributed by atoms with E-state index in [2.05, 4.69) is 9.72 Å². The van der Waals surface area contributed by atoms with Crippen LogP contribution in [0.4, 0.5) is 13.2 Å². The van der Waals surface area contributed by atoms with Crippen molar-refractivity contribution in [2.45, 2.75) is 18.7 Å². The van der Waals surface area contributed by atoms with Gasteiger partial charge in [0.2, 0.25) is 0 Å². The Morgan fingerprint density at radius 1 is 1.59 bits per heavy atom. The van der Waals surface area contributed by atoms with Crippen molar-refractivity contribution in [2.75, 3.05) is 7.11 Å². The van der Waals surface area contributed by atoms with Gasteiger partial charge in [-0.3, -0.25) is 9.78 Å². The number of halogens is 4. The molecule has 1 aromatic rings. The predicted molar refractivity (Wildman–Crippen MR) is 54.4 cm³/mol. The number of nitrogens with zero attached hydrogens (tertiary/aromatic N) is 1. The molecule has 0 aromatic carbocycles. The highest BCUT2D eigenvalue weighted by atomic mass is 35.5. The minimum absolute atomic E-state index is 0.147. The van der Waals surface area contributed by atoms with Gasteiger partial charge in [0.05, 0.1) is 19.4 Å². The van der Waals surface area contributed by atoms with E-state index in [4.69, 9.17) is 11.6 Å². The summed E-state index contributed by atoms with van der Waals surface area (Å²) in [6, 6.07) is 0. The molecule has 1 aromatic heterocycles. The molecule has 0 aliphatic heterocycles. The number of hydrogen-bond acceptors (Lipinski definition) is 3. The third-order valence-electron chi connectivity index (χ3n) is 2.14. The van der Waals surface area contributed by atoms with E-state index in [0.29, 0.717) is 0 Å². The molecule has 0 bridgehead atoms. The van der Waals surface area contributed by atoms with Gasteiger partial charge in [0.25, 0.3) is 6.43 Å². The van der Waals surface area contributed by atoms with E-state index < -0.39 is 23.9 Å². The maximum absolute atomic E-state index is 13.6. The molecule has 0 radical (unpaired) electrons. The predicted octanol–water partition coefficient (Wildman–Crippen LogP) is 2.61. The highest BCUT2D eigenvalue weighted by Crippen LogP contribution is 2.25. The van der Waals surface area contributed by atoms with Crippen LogP contribution in [0, 0.1) is 5.82 Å². The zero-order chi connectivity index (χ0) is 13.0. The first-order chi connectivity index (χ1) is 8.01. The third kappa shape index (κ3) is 3.09. The molecule has 17 heavy (non-hydrogen) atoms. The average molecular weight is 268 g/mol. The van der Waals surface area contributed by atoms with E-state index in [-0.39, 0.29) is 23.4 Å². The quantitative estimate of drug-likeness (QED) is 0.622. The average Bonchev–Trinajstić information content (AvgIpc) is 2.28. The van der Waals surface area contributed by atoms with Crippen LogP contribution in [0.25, 0.3) is 0 Å². The molecule has 1 heterocycles. The fraction of sp³-hybridized carbons (Fsp3) is 0.400. The molecular weight excluding hydrogens is 259 g/mol. The van der Waals surface area contributed by atoms with Gasteiger partial charge in [-0.25, -0.2) is 13.2 Å². The Morgan fingerprint density at radius 3 is 2.71 bits per heavy atom. The van der Waals surface area contributed by atoms with Crippen molar-refractivity contribution in [3.05, 3.63) is 28.8 Å². The normalized spacial score (nSPS) is 10.7. The summed E-state index contributed by atoms with van der Waals surface area (Å²) in [4.78, 5) is 14.3. The fourth-order valence-electron chi connectivity index (χ4n) is 1.25. The van der Waals surface area contributed by atoms with Crippen molar-refractivity contribution in [2.24, 2.45) is 0 Å². The molecule has 0 atom stereocenters. The third-order valence-corrected chi connectivity index (χ3v) is 2.41. The fourth-order valence-corrected chi connectivity index (χ4v) is 1.54. The van der Waals surface area contributed by atoms with E-state index >= 15 is 0 Å². The zero-order valence-electron chi connectivity index (χ0n) is 8.84. The van der Waals surface area contributed by atoms with E-state index in [0.717, 1.165) is 6.20 Å². The molecule has 0 N–H and O–H groups in total. The van der Waals surface area contributed by atoms with E-state index in [1.807, 2.05) is 0 Å². The highest BCUT2D eigenvalue weighted by molar-refractivity contribution is 6.17. The van der Waals surface area contributed by atoms with E-state index in [1.165, 1.54) is 7.11 Å². The van der Waals surface area contributed by atoms with Gasteiger partial charge in [-0.15, -0.1) is 11.6 Å². The van der Waals surface area contributed by atoms with Crippen molar-refractivity contribution in [1.29, 1.82) is 0 Å². The maximum Gasteiger partial charge on any atom is 0.310 e. The summed E-state index contributed by atoms with van der Waals surface area (Å²) in [5, 5.41) is 0. The summed E-state index contributed by atoms with van der Waals surface area (Å²) in [6.07, 6.45) is -2.27. The standard InChI is InChI=1S/C10H9ClF3NO2/c1-17-7(16)2-5-4-15-9(10(13)14)8(12)6(5)3-11/h4,10H,2-3H2,1H3. The molecule has 3 nitrogen and oxygen atoms in total. The molecule has 7 heteroatoms. The molecule has 0 amide bonds. The van der Waals surface area contributed by atoms with Gasteiger partial charge in [-0.2, -0.15) is 0 Å². The summed E-state index contributed by atoms with van der Waals surface area (Å²) in [6.45, 7) is 0. The Kier molecular flexibility index (Phi) is 4.74. The summed E-state index contributed by atoms with van der Waals surface area (Å²) >= 11 is 5.48. The highest BCUT2D eigenvalue weighted by Gasteiger charge is 2.21. The van der Waals surface area contributed by atoms with Gasteiger partial charge < -0.3 is 4.74 Å². The largest absolute Gasteiger partial charge is 0.469 e. The number of ether oxygens (including phenoxy) is 1. The second-order valence-electron chi connectivity index (χ2n) is 3.15. The van der Waals surface area contributed by atoms with Crippen LogP contribution in [0.5, 0.6) is 0 Å². The lowest BCUT2D eigenvalue weighted by Gasteiger charge is -2.10. The maximum atomic E-state index is 13.6. The molecule has 94 valence electrons. The van der Waals surface area contributed by atoms with Crippen molar-refractivity contribution in [1.82, 2.24) is 4.98 Å².